The molecule has 152 valence electrons. The first kappa shape index (κ1) is 18.4. The highest BCUT2D eigenvalue weighted by atomic mass is 16.1. The van der Waals surface area contributed by atoms with Crippen LogP contribution in [0, 0.1) is 0 Å². The lowest BCUT2D eigenvalue weighted by molar-refractivity contribution is 0.102. The van der Waals surface area contributed by atoms with Gasteiger partial charge in [-0.15, -0.1) is 5.10 Å². The molecule has 0 radical (unpaired) electrons. The summed E-state index contributed by atoms with van der Waals surface area (Å²) in [5.41, 5.74) is 2.63. The fourth-order valence-electron chi connectivity index (χ4n) is 3.61. The Balaban J connectivity index is 1.35. The van der Waals surface area contributed by atoms with Crippen LogP contribution in [0.4, 0.5) is 5.82 Å². The lowest BCUT2D eigenvalue weighted by Crippen LogP contribution is -2.29. The van der Waals surface area contributed by atoms with Crippen molar-refractivity contribution in [3.63, 3.8) is 0 Å². The Bertz CT molecular complexity index is 1210. The molecule has 0 spiro atoms. The second-order valence-electron chi connectivity index (χ2n) is 7.38. The molecule has 1 saturated heterocycles. The smallest absolute Gasteiger partial charge is 0.260 e. The summed E-state index contributed by atoms with van der Waals surface area (Å²) in [4.78, 5) is 21.7. The van der Waals surface area contributed by atoms with E-state index in [9.17, 15) is 4.79 Å². The van der Waals surface area contributed by atoms with Gasteiger partial charge in [0.2, 0.25) is 0 Å². The molecule has 0 aliphatic carbocycles. The number of piperidine rings is 1. The number of hydrogen-bond acceptors (Lipinski definition) is 7. The number of aryl methyl sites for hydroxylation is 1. The summed E-state index contributed by atoms with van der Waals surface area (Å²) in [5.74, 6) is 0.193. The molecule has 10 nitrogen and oxygen atoms in total. The van der Waals surface area contributed by atoms with Crippen molar-refractivity contribution in [2.45, 2.75) is 18.9 Å². The van der Waals surface area contributed by atoms with Gasteiger partial charge in [-0.05, 0) is 38.1 Å². The van der Waals surface area contributed by atoms with E-state index in [1.807, 2.05) is 23.9 Å². The predicted molar refractivity (Wildman–Crippen MR) is 111 cm³/mol. The van der Waals surface area contributed by atoms with Crippen molar-refractivity contribution < 1.29 is 4.79 Å². The van der Waals surface area contributed by atoms with Crippen LogP contribution in [0.3, 0.4) is 0 Å². The number of carbonyl (C=O) groups is 1. The van der Waals surface area contributed by atoms with E-state index < -0.39 is 0 Å². The van der Waals surface area contributed by atoms with Crippen molar-refractivity contribution in [1.29, 1.82) is 0 Å². The topological polar surface area (TPSA) is 115 Å². The van der Waals surface area contributed by atoms with Crippen LogP contribution in [0.2, 0.25) is 0 Å². The van der Waals surface area contributed by atoms with E-state index in [1.54, 1.807) is 35.5 Å². The summed E-state index contributed by atoms with van der Waals surface area (Å²) >= 11 is 0. The van der Waals surface area contributed by atoms with Gasteiger partial charge in [0, 0.05) is 30.9 Å². The molecule has 1 fully saturated rings. The normalized spacial score (nSPS) is 14.8. The number of nitrogens with zero attached hydrogens (tertiary/aromatic N) is 7. The third kappa shape index (κ3) is 3.64. The maximum absolute atomic E-state index is 12.7. The number of anilines is 1. The number of fused-ring (bicyclic) bond motifs is 1. The predicted octanol–water partition coefficient (Wildman–Crippen LogP) is 1.80. The SMILES string of the molecule is Cn1cc(-c2ccc3cnc(NC(=O)c4cnn(C5CCNCC5)c4)cc3n2)nn1. The quantitative estimate of drug-likeness (QED) is 0.534. The standard InChI is InChI=1S/C20H21N9O/c1-28-12-18(26-27-28)16-3-2-13-9-22-19(8-17(13)24-16)25-20(30)14-10-23-29(11-14)15-4-6-21-7-5-15/h2-3,8-12,15,21H,4-7H2,1H3,(H,22,25,30). The van der Waals surface area contributed by atoms with Gasteiger partial charge < -0.3 is 10.6 Å². The lowest BCUT2D eigenvalue weighted by atomic mass is 10.1. The molecule has 4 aromatic rings. The van der Waals surface area contributed by atoms with E-state index in [0.717, 1.165) is 31.3 Å². The molecule has 0 bridgehead atoms. The van der Waals surface area contributed by atoms with Crippen molar-refractivity contribution in [1.82, 2.24) is 40.1 Å². The maximum atomic E-state index is 12.7. The molecule has 0 atom stereocenters. The molecule has 1 aliphatic rings. The van der Waals surface area contributed by atoms with Crippen LogP contribution in [0.25, 0.3) is 22.3 Å². The van der Waals surface area contributed by atoms with E-state index in [-0.39, 0.29) is 5.91 Å². The summed E-state index contributed by atoms with van der Waals surface area (Å²) in [6.45, 7) is 1.94. The van der Waals surface area contributed by atoms with Crippen LogP contribution in [0.1, 0.15) is 29.2 Å². The van der Waals surface area contributed by atoms with Crippen molar-refractivity contribution in [3.8, 4) is 11.4 Å². The van der Waals surface area contributed by atoms with Crippen LogP contribution >= 0.6 is 0 Å². The van der Waals surface area contributed by atoms with Crippen molar-refractivity contribution in [3.05, 3.63) is 48.5 Å². The molecule has 0 saturated carbocycles. The second kappa shape index (κ2) is 7.64. The molecular formula is C20H21N9O. The monoisotopic (exact) mass is 403 g/mol. The Morgan fingerprint density at radius 3 is 2.83 bits per heavy atom. The number of carbonyl (C=O) groups excluding carboxylic acids is 1. The van der Waals surface area contributed by atoms with E-state index in [2.05, 4.69) is 36.0 Å². The average Bonchev–Trinajstić information content (AvgIpc) is 3.43. The van der Waals surface area contributed by atoms with Crippen LogP contribution in [-0.4, -0.2) is 53.7 Å². The van der Waals surface area contributed by atoms with Gasteiger partial charge in [0.05, 0.1) is 35.2 Å². The molecule has 2 N–H and O–H groups in total. The van der Waals surface area contributed by atoms with Crippen LogP contribution < -0.4 is 10.6 Å². The molecule has 5 rings (SSSR count). The molecular weight excluding hydrogens is 382 g/mol. The Morgan fingerprint density at radius 2 is 2.03 bits per heavy atom. The average molecular weight is 403 g/mol. The first-order valence-electron chi connectivity index (χ1n) is 9.85. The van der Waals surface area contributed by atoms with Crippen molar-refractivity contribution >= 4 is 22.6 Å². The highest BCUT2D eigenvalue weighted by Gasteiger charge is 2.18. The molecule has 0 unspecified atom stereocenters. The lowest BCUT2D eigenvalue weighted by Gasteiger charge is -2.22. The van der Waals surface area contributed by atoms with Gasteiger partial charge in [-0.2, -0.15) is 5.10 Å². The minimum atomic E-state index is -0.243. The molecule has 1 amide bonds. The molecule has 1 aliphatic heterocycles. The van der Waals surface area contributed by atoms with Crippen LogP contribution in [0.5, 0.6) is 0 Å². The van der Waals surface area contributed by atoms with Gasteiger partial charge in [-0.25, -0.2) is 9.97 Å². The largest absolute Gasteiger partial charge is 0.317 e. The van der Waals surface area contributed by atoms with Gasteiger partial charge in [0.1, 0.15) is 11.5 Å². The Labute approximate surface area is 172 Å². The summed E-state index contributed by atoms with van der Waals surface area (Å²) in [5, 5.41) is 19.5. The molecule has 30 heavy (non-hydrogen) atoms. The van der Waals surface area contributed by atoms with Gasteiger partial charge >= 0.3 is 0 Å². The number of pyridine rings is 2. The molecule has 5 heterocycles. The first-order chi connectivity index (χ1) is 14.7. The van der Waals surface area contributed by atoms with Crippen molar-refractivity contribution in [2.24, 2.45) is 7.05 Å². The van der Waals surface area contributed by atoms with Gasteiger partial charge in [0.25, 0.3) is 5.91 Å². The minimum Gasteiger partial charge on any atom is -0.317 e. The second-order valence-corrected chi connectivity index (χ2v) is 7.38. The Morgan fingerprint density at radius 1 is 1.17 bits per heavy atom. The Kier molecular flexibility index (Phi) is 4.68. The Hall–Kier alpha value is -3.66. The van der Waals surface area contributed by atoms with Gasteiger partial charge in [0.15, 0.2) is 0 Å². The van der Waals surface area contributed by atoms with E-state index >= 15 is 0 Å². The van der Waals surface area contributed by atoms with Gasteiger partial charge in [-0.3, -0.25) is 14.2 Å². The summed E-state index contributed by atoms with van der Waals surface area (Å²) in [6.07, 6.45) is 8.91. The third-order valence-electron chi connectivity index (χ3n) is 5.23. The molecule has 4 aromatic heterocycles. The van der Waals surface area contributed by atoms with Crippen LogP contribution in [-0.2, 0) is 7.05 Å². The zero-order valence-corrected chi connectivity index (χ0v) is 16.5. The fourth-order valence-corrected chi connectivity index (χ4v) is 3.61. The summed E-state index contributed by atoms with van der Waals surface area (Å²) < 4.78 is 3.52. The number of nitrogens with one attached hydrogen (secondary N) is 2. The van der Waals surface area contributed by atoms with Crippen LogP contribution in [0.15, 0.2) is 43.0 Å². The highest BCUT2D eigenvalue weighted by Crippen LogP contribution is 2.21. The number of aromatic nitrogens is 7. The minimum absolute atomic E-state index is 0.243. The summed E-state index contributed by atoms with van der Waals surface area (Å²) in [6, 6.07) is 5.88. The fraction of sp³-hybridized carbons (Fsp3) is 0.300. The van der Waals surface area contributed by atoms with E-state index in [4.69, 9.17) is 0 Å². The molecule has 0 aromatic carbocycles. The third-order valence-corrected chi connectivity index (χ3v) is 5.23. The van der Waals surface area contributed by atoms with Crippen molar-refractivity contribution in [2.75, 3.05) is 18.4 Å². The first-order valence-corrected chi connectivity index (χ1v) is 9.85. The number of hydrogen-bond donors (Lipinski definition) is 2. The molecule has 10 heteroatoms. The van der Waals surface area contributed by atoms with E-state index in [1.165, 1.54) is 0 Å². The number of rotatable bonds is 4. The highest BCUT2D eigenvalue weighted by molar-refractivity contribution is 6.04. The zero-order chi connectivity index (χ0) is 20.5. The summed E-state index contributed by atoms with van der Waals surface area (Å²) in [7, 11) is 1.81. The van der Waals surface area contributed by atoms with Gasteiger partial charge in [-0.1, -0.05) is 5.21 Å². The maximum Gasteiger partial charge on any atom is 0.260 e. The van der Waals surface area contributed by atoms with E-state index in [0.29, 0.717) is 34.3 Å². The number of amides is 1. The zero-order valence-electron chi connectivity index (χ0n) is 16.5.